The maximum absolute atomic E-state index is 11.6. The molecule has 15 heavy (non-hydrogen) atoms. The van der Waals surface area contributed by atoms with Crippen molar-refractivity contribution < 1.29 is 14.3 Å². The van der Waals surface area contributed by atoms with E-state index in [9.17, 15) is 4.79 Å². The summed E-state index contributed by atoms with van der Waals surface area (Å²) in [5.74, 6) is -0.181. The maximum Gasteiger partial charge on any atom is 0.343 e. The Kier molecular flexibility index (Phi) is 3.80. The zero-order chi connectivity index (χ0) is 11.4. The Morgan fingerprint density at radius 3 is 2.73 bits per heavy atom. The van der Waals surface area contributed by atoms with Crippen LogP contribution in [0.15, 0.2) is 12.1 Å². The molecular formula is C10H12ClNO3. The number of carbonyl (C=O) groups is 1. The minimum Gasteiger partial charge on any atom is -0.496 e. The van der Waals surface area contributed by atoms with Crippen molar-refractivity contribution in [2.45, 2.75) is 6.92 Å². The topological polar surface area (TPSA) is 61.5 Å². The third kappa shape index (κ3) is 2.33. The smallest absolute Gasteiger partial charge is 0.343 e. The number of hydrogen-bond donors (Lipinski definition) is 1. The number of hydrogen-bond acceptors (Lipinski definition) is 4. The third-order valence-corrected chi connectivity index (χ3v) is 2.24. The molecule has 0 fully saturated rings. The van der Waals surface area contributed by atoms with Gasteiger partial charge in [0.05, 0.1) is 24.4 Å². The molecule has 0 heterocycles. The van der Waals surface area contributed by atoms with E-state index in [1.165, 1.54) is 7.11 Å². The second kappa shape index (κ2) is 4.89. The van der Waals surface area contributed by atoms with Gasteiger partial charge in [0.1, 0.15) is 11.3 Å². The van der Waals surface area contributed by atoms with Crippen LogP contribution in [0, 0.1) is 0 Å². The lowest BCUT2D eigenvalue weighted by atomic mass is 10.2. The van der Waals surface area contributed by atoms with Gasteiger partial charge in [-0.2, -0.15) is 0 Å². The number of methoxy groups -OCH3 is 1. The Bertz CT molecular complexity index is 379. The average molecular weight is 230 g/mol. The van der Waals surface area contributed by atoms with Gasteiger partial charge in [-0.15, -0.1) is 0 Å². The van der Waals surface area contributed by atoms with E-state index in [0.717, 1.165) is 0 Å². The Labute approximate surface area is 92.9 Å². The highest BCUT2D eigenvalue weighted by molar-refractivity contribution is 6.36. The Morgan fingerprint density at radius 2 is 2.20 bits per heavy atom. The summed E-state index contributed by atoms with van der Waals surface area (Å²) in [6.07, 6.45) is 0. The molecule has 0 bridgehead atoms. The van der Waals surface area contributed by atoms with Gasteiger partial charge in [-0.25, -0.2) is 4.79 Å². The molecule has 0 aliphatic rings. The van der Waals surface area contributed by atoms with E-state index in [-0.39, 0.29) is 17.2 Å². The molecule has 1 aromatic rings. The Morgan fingerprint density at radius 1 is 1.53 bits per heavy atom. The number of halogens is 1. The van der Waals surface area contributed by atoms with Crippen LogP contribution in [-0.2, 0) is 4.74 Å². The molecule has 0 saturated heterocycles. The van der Waals surface area contributed by atoms with Crippen LogP contribution in [0.3, 0.4) is 0 Å². The summed E-state index contributed by atoms with van der Waals surface area (Å²) in [6, 6.07) is 3.15. The van der Waals surface area contributed by atoms with E-state index in [2.05, 4.69) is 0 Å². The molecule has 4 nitrogen and oxygen atoms in total. The molecule has 0 atom stereocenters. The SMILES string of the molecule is CCOC(=O)c1c(OC)ccc(N)c1Cl. The van der Waals surface area contributed by atoms with Gasteiger partial charge >= 0.3 is 5.97 Å². The molecule has 0 amide bonds. The number of ether oxygens (including phenoxy) is 2. The molecule has 1 aromatic carbocycles. The first-order valence-corrected chi connectivity index (χ1v) is 4.78. The number of nitrogen functional groups attached to an aromatic ring is 1. The molecule has 0 radical (unpaired) electrons. The molecule has 0 aromatic heterocycles. The standard InChI is InChI=1S/C10H12ClNO3/c1-3-15-10(13)8-7(14-2)5-4-6(12)9(8)11/h4-5H,3,12H2,1-2H3. The monoisotopic (exact) mass is 229 g/mol. The van der Waals surface area contributed by atoms with Crippen molar-refractivity contribution >= 4 is 23.3 Å². The van der Waals surface area contributed by atoms with Crippen LogP contribution in [0.4, 0.5) is 5.69 Å². The van der Waals surface area contributed by atoms with E-state index in [4.69, 9.17) is 26.8 Å². The summed E-state index contributed by atoms with van der Waals surface area (Å²) in [5, 5.41) is 0.160. The molecule has 0 saturated carbocycles. The van der Waals surface area contributed by atoms with Gasteiger partial charge in [-0.3, -0.25) is 0 Å². The molecular weight excluding hydrogens is 218 g/mol. The summed E-state index contributed by atoms with van der Waals surface area (Å²) in [6.45, 7) is 1.98. The second-order valence-electron chi connectivity index (χ2n) is 2.77. The maximum atomic E-state index is 11.6. The quantitative estimate of drug-likeness (QED) is 0.637. The molecule has 2 N–H and O–H groups in total. The highest BCUT2D eigenvalue weighted by atomic mass is 35.5. The number of esters is 1. The molecule has 0 spiro atoms. The van der Waals surface area contributed by atoms with Gasteiger partial charge < -0.3 is 15.2 Å². The fourth-order valence-corrected chi connectivity index (χ4v) is 1.37. The Balaban J connectivity index is 3.23. The second-order valence-corrected chi connectivity index (χ2v) is 3.14. The zero-order valence-electron chi connectivity index (χ0n) is 8.54. The highest BCUT2D eigenvalue weighted by Crippen LogP contribution is 2.31. The fourth-order valence-electron chi connectivity index (χ4n) is 1.14. The number of anilines is 1. The van der Waals surface area contributed by atoms with Crippen molar-refractivity contribution in [3.05, 3.63) is 22.7 Å². The van der Waals surface area contributed by atoms with Crippen molar-refractivity contribution in [3.8, 4) is 5.75 Å². The van der Waals surface area contributed by atoms with Gasteiger partial charge in [0.15, 0.2) is 0 Å². The molecule has 82 valence electrons. The average Bonchev–Trinajstić information content (AvgIpc) is 2.22. The molecule has 5 heteroatoms. The first-order valence-electron chi connectivity index (χ1n) is 4.40. The van der Waals surface area contributed by atoms with Gasteiger partial charge in [-0.05, 0) is 19.1 Å². The summed E-state index contributed by atoms with van der Waals surface area (Å²) in [4.78, 5) is 11.6. The minimum atomic E-state index is -0.536. The molecule has 1 rings (SSSR count). The van der Waals surface area contributed by atoms with Gasteiger partial charge in [0.25, 0.3) is 0 Å². The van der Waals surface area contributed by atoms with Gasteiger partial charge in [0, 0.05) is 0 Å². The number of carbonyl (C=O) groups excluding carboxylic acids is 1. The molecule has 0 aliphatic heterocycles. The van der Waals surface area contributed by atoms with E-state index in [0.29, 0.717) is 11.4 Å². The van der Waals surface area contributed by atoms with Crippen LogP contribution < -0.4 is 10.5 Å². The molecule has 0 unspecified atom stereocenters. The van der Waals surface area contributed by atoms with Crippen molar-refractivity contribution in [1.29, 1.82) is 0 Å². The minimum absolute atomic E-state index is 0.160. The van der Waals surface area contributed by atoms with Crippen LogP contribution in [0.5, 0.6) is 5.75 Å². The highest BCUT2D eigenvalue weighted by Gasteiger charge is 2.19. The largest absolute Gasteiger partial charge is 0.496 e. The van der Waals surface area contributed by atoms with Crippen molar-refractivity contribution in [1.82, 2.24) is 0 Å². The molecule has 0 aliphatic carbocycles. The fraction of sp³-hybridized carbons (Fsp3) is 0.300. The van der Waals surface area contributed by atoms with E-state index in [1.807, 2.05) is 0 Å². The predicted octanol–water partition coefficient (Wildman–Crippen LogP) is 2.11. The van der Waals surface area contributed by atoms with Gasteiger partial charge in [-0.1, -0.05) is 11.6 Å². The van der Waals surface area contributed by atoms with Crippen molar-refractivity contribution in [2.24, 2.45) is 0 Å². The van der Waals surface area contributed by atoms with E-state index < -0.39 is 5.97 Å². The van der Waals surface area contributed by atoms with Gasteiger partial charge in [0.2, 0.25) is 0 Å². The summed E-state index contributed by atoms with van der Waals surface area (Å²) in [7, 11) is 1.45. The van der Waals surface area contributed by atoms with Crippen LogP contribution in [-0.4, -0.2) is 19.7 Å². The lowest BCUT2D eigenvalue weighted by Crippen LogP contribution is -2.08. The van der Waals surface area contributed by atoms with Crippen molar-refractivity contribution in [3.63, 3.8) is 0 Å². The van der Waals surface area contributed by atoms with Crippen LogP contribution in [0.25, 0.3) is 0 Å². The van der Waals surface area contributed by atoms with E-state index in [1.54, 1.807) is 19.1 Å². The Hall–Kier alpha value is -1.42. The first-order chi connectivity index (χ1) is 7.11. The number of rotatable bonds is 3. The summed E-state index contributed by atoms with van der Waals surface area (Å²) < 4.78 is 9.86. The lowest BCUT2D eigenvalue weighted by molar-refractivity contribution is 0.0523. The van der Waals surface area contributed by atoms with Crippen LogP contribution >= 0.6 is 11.6 Å². The normalized spacial score (nSPS) is 9.80. The summed E-state index contributed by atoms with van der Waals surface area (Å²) in [5.41, 5.74) is 6.07. The van der Waals surface area contributed by atoms with E-state index >= 15 is 0 Å². The summed E-state index contributed by atoms with van der Waals surface area (Å²) >= 11 is 5.90. The predicted molar refractivity (Wildman–Crippen MR) is 58.4 cm³/mol. The first kappa shape index (κ1) is 11.7. The van der Waals surface area contributed by atoms with Crippen LogP contribution in [0.1, 0.15) is 17.3 Å². The number of nitrogens with two attached hydrogens (primary N) is 1. The third-order valence-electron chi connectivity index (χ3n) is 1.83. The lowest BCUT2D eigenvalue weighted by Gasteiger charge is -2.10. The zero-order valence-corrected chi connectivity index (χ0v) is 9.30. The van der Waals surface area contributed by atoms with Crippen LogP contribution in [0.2, 0.25) is 5.02 Å². The van der Waals surface area contributed by atoms with Crippen molar-refractivity contribution in [2.75, 3.05) is 19.5 Å². The number of benzene rings is 1.